The minimum atomic E-state index is -4.28. The van der Waals surface area contributed by atoms with Gasteiger partial charge in [-0.2, -0.15) is 24.5 Å². The molecule has 0 aliphatic rings. The molecule has 20 heavy (non-hydrogen) atoms. The van der Waals surface area contributed by atoms with E-state index in [1.807, 2.05) is 5.38 Å². The van der Waals surface area contributed by atoms with E-state index in [1.54, 1.807) is 11.3 Å². The topological polar surface area (TPSA) is 26.0 Å². The summed E-state index contributed by atoms with van der Waals surface area (Å²) in [6, 6.07) is 7.27. The van der Waals surface area contributed by atoms with Crippen molar-refractivity contribution in [2.24, 2.45) is 5.73 Å². The maximum Gasteiger partial charge on any atom is 0.416 e. The lowest BCUT2D eigenvalue weighted by Crippen LogP contribution is -2.23. The zero-order valence-electron chi connectivity index (χ0n) is 10.9. The summed E-state index contributed by atoms with van der Waals surface area (Å²) >= 11 is 1.65. The fourth-order valence-corrected chi connectivity index (χ4v) is 2.72. The first-order chi connectivity index (χ1) is 9.45. The molecule has 0 amide bonds. The van der Waals surface area contributed by atoms with E-state index in [0.717, 1.165) is 30.5 Å². The molecule has 2 aromatic rings. The fraction of sp³-hybridized carbons (Fsp3) is 0.333. The highest BCUT2D eigenvalue weighted by molar-refractivity contribution is 7.07. The van der Waals surface area contributed by atoms with Gasteiger partial charge in [0.2, 0.25) is 0 Å². The van der Waals surface area contributed by atoms with Gasteiger partial charge in [0.25, 0.3) is 0 Å². The molecule has 0 saturated carbocycles. The minimum absolute atomic E-state index is 0.0355. The molecule has 0 fully saturated rings. The van der Waals surface area contributed by atoms with E-state index in [2.05, 4.69) is 11.4 Å². The molecule has 0 spiro atoms. The molecule has 1 heterocycles. The van der Waals surface area contributed by atoms with Crippen molar-refractivity contribution in [2.45, 2.75) is 31.5 Å². The lowest BCUT2D eigenvalue weighted by atomic mass is 10.00. The molecule has 0 saturated heterocycles. The van der Waals surface area contributed by atoms with Gasteiger partial charge in [-0.15, -0.1) is 0 Å². The first-order valence-corrected chi connectivity index (χ1v) is 7.32. The number of aryl methyl sites for hydroxylation is 1. The van der Waals surface area contributed by atoms with Gasteiger partial charge in [0.15, 0.2) is 0 Å². The van der Waals surface area contributed by atoms with Gasteiger partial charge in [-0.25, -0.2) is 0 Å². The summed E-state index contributed by atoms with van der Waals surface area (Å²) < 4.78 is 37.3. The van der Waals surface area contributed by atoms with Crippen molar-refractivity contribution in [1.82, 2.24) is 0 Å². The first kappa shape index (κ1) is 15.1. The van der Waals surface area contributed by atoms with Crippen molar-refractivity contribution in [3.8, 4) is 0 Å². The second-order valence-corrected chi connectivity index (χ2v) is 5.61. The number of nitrogens with two attached hydrogens (primary N) is 1. The lowest BCUT2D eigenvalue weighted by molar-refractivity contribution is -0.137. The Morgan fingerprint density at radius 2 is 1.75 bits per heavy atom. The number of hydrogen-bond donors (Lipinski definition) is 1. The third kappa shape index (κ3) is 4.35. The van der Waals surface area contributed by atoms with Crippen LogP contribution < -0.4 is 5.73 Å². The molecule has 5 heteroatoms. The Morgan fingerprint density at radius 1 is 1.05 bits per heavy atom. The zero-order chi connectivity index (χ0) is 14.6. The molecular weight excluding hydrogens is 283 g/mol. The van der Waals surface area contributed by atoms with Gasteiger partial charge in [0.1, 0.15) is 0 Å². The van der Waals surface area contributed by atoms with Crippen LogP contribution in [0.15, 0.2) is 41.1 Å². The predicted molar refractivity (Wildman–Crippen MR) is 75.8 cm³/mol. The normalized spacial score (nSPS) is 13.4. The van der Waals surface area contributed by atoms with Gasteiger partial charge in [-0.1, -0.05) is 12.1 Å². The standard InChI is InChI=1S/C15H16F3NS/c16-15(17,18)13-4-1-11(2-5-13)9-14(19)6-3-12-7-8-20-10-12/h1-2,4-5,7-8,10,14H,3,6,9,19H2. The highest BCUT2D eigenvalue weighted by Crippen LogP contribution is 2.29. The highest BCUT2D eigenvalue weighted by atomic mass is 32.1. The summed E-state index contributed by atoms with van der Waals surface area (Å²) in [6.07, 6.45) is -1.94. The molecule has 0 bridgehead atoms. The minimum Gasteiger partial charge on any atom is -0.327 e. The smallest absolute Gasteiger partial charge is 0.327 e. The Bertz CT molecular complexity index is 517. The number of hydrogen-bond acceptors (Lipinski definition) is 2. The number of alkyl halides is 3. The monoisotopic (exact) mass is 299 g/mol. The Balaban J connectivity index is 1.86. The summed E-state index contributed by atoms with van der Waals surface area (Å²) in [5.74, 6) is 0. The molecule has 1 aromatic heterocycles. The van der Waals surface area contributed by atoms with Crippen LogP contribution in [0.5, 0.6) is 0 Å². The van der Waals surface area contributed by atoms with E-state index in [-0.39, 0.29) is 6.04 Å². The lowest BCUT2D eigenvalue weighted by Gasteiger charge is -2.12. The summed E-state index contributed by atoms with van der Waals surface area (Å²) in [7, 11) is 0. The van der Waals surface area contributed by atoms with Gasteiger partial charge >= 0.3 is 6.18 Å². The zero-order valence-corrected chi connectivity index (χ0v) is 11.7. The van der Waals surface area contributed by atoms with Crippen LogP contribution in [-0.4, -0.2) is 6.04 Å². The van der Waals surface area contributed by atoms with Crippen LogP contribution in [0.1, 0.15) is 23.1 Å². The molecule has 2 rings (SSSR count). The second-order valence-electron chi connectivity index (χ2n) is 4.83. The van der Waals surface area contributed by atoms with Crippen molar-refractivity contribution < 1.29 is 13.2 Å². The molecule has 1 aromatic carbocycles. The fourth-order valence-electron chi connectivity index (χ4n) is 2.02. The molecule has 0 aliphatic heterocycles. The third-order valence-electron chi connectivity index (χ3n) is 3.16. The number of benzene rings is 1. The molecule has 0 radical (unpaired) electrons. The summed E-state index contributed by atoms with van der Waals surface area (Å²) in [5, 5.41) is 4.11. The molecule has 2 N–H and O–H groups in total. The van der Waals surface area contributed by atoms with Crippen LogP contribution in [0.2, 0.25) is 0 Å². The van der Waals surface area contributed by atoms with Crippen molar-refractivity contribution >= 4 is 11.3 Å². The number of thiophene rings is 1. The van der Waals surface area contributed by atoms with Crippen molar-refractivity contribution in [2.75, 3.05) is 0 Å². The quantitative estimate of drug-likeness (QED) is 0.876. The maximum atomic E-state index is 12.4. The SMILES string of the molecule is NC(CCc1ccsc1)Cc1ccc(C(F)(F)F)cc1. The van der Waals surface area contributed by atoms with Gasteiger partial charge < -0.3 is 5.73 Å². The molecule has 1 atom stereocenters. The Hall–Kier alpha value is -1.33. The molecule has 1 nitrogen and oxygen atoms in total. The van der Waals surface area contributed by atoms with E-state index in [4.69, 9.17) is 5.73 Å². The van der Waals surface area contributed by atoms with Crippen molar-refractivity contribution in [1.29, 1.82) is 0 Å². The predicted octanol–water partition coefficient (Wildman–Crippen LogP) is 4.27. The Morgan fingerprint density at radius 3 is 2.30 bits per heavy atom. The summed E-state index contributed by atoms with van der Waals surface area (Å²) in [5.41, 5.74) is 7.52. The molecule has 1 unspecified atom stereocenters. The van der Waals surface area contributed by atoms with Gasteiger partial charge in [-0.3, -0.25) is 0 Å². The number of halogens is 3. The highest BCUT2D eigenvalue weighted by Gasteiger charge is 2.29. The van der Waals surface area contributed by atoms with Crippen molar-refractivity contribution in [3.05, 3.63) is 57.8 Å². The summed E-state index contributed by atoms with van der Waals surface area (Å²) in [6.45, 7) is 0. The molecule has 0 aliphatic carbocycles. The van der Waals surface area contributed by atoms with E-state index < -0.39 is 11.7 Å². The molecule has 108 valence electrons. The van der Waals surface area contributed by atoms with Crippen LogP contribution in [0.3, 0.4) is 0 Å². The van der Waals surface area contributed by atoms with Crippen LogP contribution in [0.25, 0.3) is 0 Å². The van der Waals surface area contributed by atoms with E-state index in [9.17, 15) is 13.2 Å². The van der Waals surface area contributed by atoms with Crippen LogP contribution in [0.4, 0.5) is 13.2 Å². The first-order valence-electron chi connectivity index (χ1n) is 6.38. The van der Waals surface area contributed by atoms with Gasteiger partial charge in [-0.05, 0) is 59.3 Å². The average molecular weight is 299 g/mol. The average Bonchev–Trinajstić information content (AvgIpc) is 2.89. The van der Waals surface area contributed by atoms with E-state index in [0.29, 0.717) is 6.42 Å². The Kier molecular flexibility index (Phi) is 4.83. The second kappa shape index (κ2) is 6.41. The third-order valence-corrected chi connectivity index (χ3v) is 3.90. The van der Waals surface area contributed by atoms with E-state index >= 15 is 0 Å². The van der Waals surface area contributed by atoms with Crippen LogP contribution >= 0.6 is 11.3 Å². The molecular formula is C15H16F3NS. The largest absolute Gasteiger partial charge is 0.416 e. The van der Waals surface area contributed by atoms with Crippen LogP contribution in [-0.2, 0) is 19.0 Å². The van der Waals surface area contributed by atoms with Crippen LogP contribution in [0, 0.1) is 0 Å². The summed E-state index contributed by atoms with van der Waals surface area (Å²) in [4.78, 5) is 0. The Labute approximate surface area is 120 Å². The van der Waals surface area contributed by atoms with E-state index in [1.165, 1.54) is 17.7 Å². The number of rotatable bonds is 5. The van der Waals surface area contributed by atoms with Crippen molar-refractivity contribution in [3.63, 3.8) is 0 Å². The maximum absolute atomic E-state index is 12.4. The van der Waals surface area contributed by atoms with Gasteiger partial charge in [0.05, 0.1) is 5.56 Å². The van der Waals surface area contributed by atoms with Gasteiger partial charge in [0, 0.05) is 6.04 Å².